The highest BCUT2D eigenvalue weighted by molar-refractivity contribution is 5.71. The molecule has 0 atom stereocenters. The second-order valence-electron chi connectivity index (χ2n) is 6.59. The number of carbonyl (C=O) groups excluding carboxylic acids is 2. The third-order valence-corrected chi connectivity index (χ3v) is 1.88. The average Bonchev–Trinajstić information content (AvgIpc) is 2.22. The van der Waals surface area contributed by atoms with E-state index in [4.69, 9.17) is 18.9 Å². The Bertz CT molecular complexity index is 292. The molecule has 0 rings (SSSR count). The van der Waals surface area contributed by atoms with Crippen LogP contribution in [0, 0.1) is 0 Å². The van der Waals surface area contributed by atoms with E-state index in [0.717, 1.165) is 0 Å². The van der Waals surface area contributed by atoms with Crippen LogP contribution in [0.2, 0.25) is 0 Å². The Morgan fingerprint density at radius 1 is 0.714 bits per heavy atom. The smallest absolute Gasteiger partial charge is 0.332 e. The Balaban J connectivity index is 3.49. The minimum absolute atomic E-state index is 0.104. The van der Waals surface area contributed by atoms with Crippen LogP contribution < -0.4 is 0 Å². The quantitative estimate of drug-likeness (QED) is 0.505. The zero-order chi connectivity index (χ0) is 16.5. The van der Waals surface area contributed by atoms with Crippen molar-refractivity contribution in [1.82, 2.24) is 0 Å². The van der Waals surface area contributed by atoms with Crippen LogP contribution in [0.5, 0.6) is 0 Å². The predicted molar refractivity (Wildman–Crippen MR) is 77.9 cm³/mol. The lowest BCUT2D eigenvalue weighted by atomic mass is 10.2. The van der Waals surface area contributed by atoms with Crippen molar-refractivity contribution < 1.29 is 28.5 Å². The van der Waals surface area contributed by atoms with Crippen LogP contribution in [0.3, 0.4) is 0 Å². The molecule has 0 unspecified atom stereocenters. The molecular weight excluding hydrogens is 276 g/mol. The van der Waals surface area contributed by atoms with Gasteiger partial charge in [0.25, 0.3) is 0 Å². The second kappa shape index (κ2) is 9.00. The number of esters is 2. The minimum atomic E-state index is -0.510. The van der Waals surface area contributed by atoms with E-state index in [0.29, 0.717) is 6.61 Å². The molecule has 21 heavy (non-hydrogen) atoms. The lowest BCUT2D eigenvalue weighted by molar-refractivity contribution is -0.160. The molecule has 0 heterocycles. The first kappa shape index (κ1) is 19.9. The summed E-state index contributed by atoms with van der Waals surface area (Å²) >= 11 is 0. The molecule has 124 valence electrons. The molecule has 0 aromatic rings. The van der Waals surface area contributed by atoms with E-state index in [-0.39, 0.29) is 32.2 Å². The van der Waals surface area contributed by atoms with Crippen molar-refractivity contribution in [2.24, 2.45) is 0 Å². The number of ether oxygens (including phenoxy) is 4. The third kappa shape index (κ3) is 15.1. The van der Waals surface area contributed by atoms with Crippen LogP contribution in [-0.2, 0) is 28.5 Å². The molecule has 0 fully saturated rings. The molecule has 0 aromatic heterocycles. The third-order valence-electron chi connectivity index (χ3n) is 1.88. The zero-order valence-corrected chi connectivity index (χ0v) is 14.0. The van der Waals surface area contributed by atoms with Crippen molar-refractivity contribution in [3.63, 3.8) is 0 Å². The maximum atomic E-state index is 11.4. The second-order valence-corrected chi connectivity index (χ2v) is 6.59. The molecule has 0 aliphatic rings. The van der Waals surface area contributed by atoms with Gasteiger partial charge in [-0.15, -0.1) is 0 Å². The van der Waals surface area contributed by atoms with Crippen molar-refractivity contribution in [1.29, 1.82) is 0 Å². The van der Waals surface area contributed by atoms with Crippen molar-refractivity contribution in [3.8, 4) is 0 Å². The normalized spacial score (nSPS) is 12.1. The van der Waals surface area contributed by atoms with Gasteiger partial charge in [0, 0.05) is 0 Å². The van der Waals surface area contributed by atoms with E-state index in [9.17, 15) is 9.59 Å². The van der Waals surface area contributed by atoms with Gasteiger partial charge in [-0.1, -0.05) is 0 Å². The SMILES string of the molecule is CC(C)(C)OC(=O)CCOCCOCC(=O)OC(C)(C)C. The monoisotopic (exact) mass is 304 g/mol. The van der Waals surface area contributed by atoms with Gasteiger partial charge >= 0.3 is 11.9 Å². The summed E-state index contributed by atoms with van der Waals surface area (Å²) < 4.78 is 20.5. The topological polar surface area (TPSA) is 71.1 Å². The lowest BCUT2D eigenvalue weighted by Crippen LogP contribution is -2.27. The molecule has 0 amide bonds. The molecule has 0 saturated heterocycles. The van der Waals surface area contributed by atoms with E-state index >= 15 is 0 Å². The molecular formula is C15H28O6. The molecule has 0 bridgehead atoms. The Morgan fingerprint density at radius 2 is 1.19 bits per heavy atom. The van der Waals surface area contributed by atoms with Gasteiger partial charge < -0.3 is 18.9 Å². The Labute approximate surface area is 127 Å². The average molecular weight is 304 g/mol. The first-order valence-corrected chi connectivity index (χ1v) is 7.09. The fraction of sp³-hybridized carbons (Fsp3) is 0.867. The number of hydrogen-bond acceptors (Lipinski definition) is 6. The van der Waals surface area contributed by atoms with E-state index in [2.05, 4.69) is 0 Å². The van der Waals surface area contributed by atoms with Crippen LogP contribution in [0.25, 0.3) is 0 Å². The van der Waals surface area contributed by atoms with Gasteiger partial charge in [-0.25, -0.2) is 4.79 Å². The Kier molecular flexibility index (Phi) is 8.51. The maximum absolute atomic E-state index is 11.4. The summed E-state index contributed by atoms with van der Waals surface area (Å²) in [4.78, 5) is 22.7. The van der Waals surface area contributed by atoms with Crippen molar-refractivity contribution in [3.05, 3.63) is 0 Å². The first-order chi connectivity index (χ1) is 9.49. The predicted octanol–water partition coefficient (Wildman–Crippen LogP) is 2.09. The van der Waals surface area contributed by atoms with Gasteiger partial charge in [0.15, 0.2) is 0 Å². The van der Waals surface area contributed by atoms with Crippen molar-refractivity contribution in [2.75, 3.05) is 26.4 Å². The fourth-order valence-corrected chi connectivity index (χ4v) is 1.29. The summed E-state index contributed by atoms with van der Waals surface area (Å²) in [5.41, 5.74) is -0.988. The summed E-state index contributed by atoms with van der Waals surface area (Å²) in [5, 5.41) is 0. The molecule has 6 heteroatoms. The van der Waals surface area contributed by atoms with Crippen molar-refractivity contribution in [2.45, 2.75) is 59.2 Å². The van der Waals surface area contributed by atoms with Crippen LogP contribution in [-0.4, -0.2) is 49.6 Å². The van der Waals surface area contributed by atoms with Gasteiger partial charge in [0.1, 0.15) is 17.8 Å². The van der Waals surface area contributed by atoms with Crippen LogP contribution in [0.15, 0.2) is 0 Å². The highest BCUT2D eigenvalue weighted by Gasteiger charge is 2.16. The Morgan fingerprint density at radius 3 is 1.71 bits per heavy atom. The maximum Gasteiger partial charge on any atom is 0.332 e. The molecule has 0 saturated carbocycles. The summed E-state index contributed by atoms with van der Waals surface area (Å²) in [6, 6.07) is 0. The standard InChI is InChI=1S/C15H28O6/c1-14(2,3)20-12(16)7-8-18-9-10-19-11-13(17)21-15(4,5)6/h7-11H2,1-6H3. The van der Waals surface area contributed by atoms with Gasteiger partial charge in [-0.2, -0.15) is 0 Å². The van der Waals surface area contributed by atoms with Crippen LogP contribution in [0.1, 0.15) is 48.0 Å². The van der Waals surface area contributed by atoms with E-state index in [1.54, 1.807) is 20.8 Å². The van der Waals surface area contributed by atoms with E-state index in [1.807, 2.05) is 20.8 Å². The summed E-state index contributed by atoms with van der Waals surface area (Å²) in [6.45, 7) is 11.6. The van der Waals surface area contributed by atoms with Crippen LogP contribution in [0.4, 0.5) is 0 Å². The Hall–Kier alpha value is -1.14. The van der Waals surface area contributed by atoms with Crippen LogP contribution >= 0.6 is 0 Å². The summed E-state index contributed by atoms with van der Waals surface area (Å²) in [7, 11) is 0. The van der Waals surface area contributed by atoms with Gasteiger partial charge in [-0.3, -0.25) is 4.79 Å². The molecule has 0 radical (unpaired) electrons. The molecule has 0 spiro atoms. The highest BCUT2D eigenvalue weighted by atomic mass is 16.6. The minimum Gasteiger partial charge on any atom is -0.460 e. The summed E-state index contributed by atoms with van der Waals surface area (Å²) in [6.07, 6.45) is 0.198. The number of rotatable bonds is 8. The molecule has 6 nitrogen and oxygen atoms in total. The van der Waals surface area contributed by atoms with E-state index in [1.165, 1.54) is 0 Å². The van der Waals surface area contributed by atoms with Gasteiger partial charge in [-0.05, 0) is 41.5 Å². The van der Waals surface area contributed by atoms with Gasteiger partial charge in [0.05, 0.1) is 26.2 Å². The molecule has 0 N–H and O–H groups in total. The zero-order valence-electron chi connectivity index (χ0n) is 14.0. The highest BCUT2D eigenvalue weighted by Crippen LogP contribution is 2.08. The first-order valence-electron chi connectivity index (χ1n) is 7.09. The molecule has 0 aliphatic carbocycles. The number of carbonyl (C=O) groups is 2. The van der Waals surface area contributed by atoms with E-state index < -0.39 is 17.2 Å². The lowest BCUT2D eigenvalue weighted by Gasteiger charge is -2.19. The van der Waals surface area contributed by atoms with Gasteiger partial charge in [0.2, 0.25) is 0 Å². The molecule has 0 aromatic carbocycles. The summed E-state index contributed by atoms with van der Waals surface area (Å²) in [5.74, 6) is -0.701. The largest absolute Gasteiger partial charge is 0.460 e. The fourth-order valence-electron chi connectivity index (χ4n) is 1.29. The molecule has 0 aliphatic heterocycles. The number of hydrogen-bond donors (Lipinski definition) is 0. The van der Waals surface area contributed by atoms with Crippen molar-refractivity contribution >= 4 is 11.9 Å².